The van der Waals surface area contributed by atoms with Gasteiger partial charge in [0.05, 0.1) is 4.99 Å². The van der Waals surface area contributed by atoms with Crippen LogP contribution in [0.5, 0.6) is 0 Å². The van der Waals surface area contributed by atoms with E-state index >= 15 is 0 Å². The Morgan fingerprint density at radius 2 is 2.11 bits per heavy atom. The Morgan fingerprint density at radius 1 is 1.44 bits per heavy atom. The van der Waals surface area contributed by atoms with E-state index in [0.29, 0.717) is 17.1 Å². The first kappa shape index (κ1) is 14.4. The molecule has 0 heterocycles. The third-order valence-corrected chi connectivity index (χ3v) is 2.09. The SMILES string of the molecule is CC(C)(C)OC(=O)Nc1cccc(CC(N)=S)c1. The normalized spacial score (nSPS) is 10.8. The number of hydrogen-bond donors (Lipinski definition) is 2. The van der Waals surface area contributed by atoms with Crippen molar-refractivity contribution in [2.45, 2.75) is 32.8 Å². The number of thiocarbonyl (C=S) groups is 1. The molecule has 4 nitrogen and oxygen atoms in total. The standard InChI is InChI=1S/C13H18N2O2S/c1-13(2,3)17-12(16)15-10-6-4-5-9(7-10)8-11(14)18/h4-7H,8H2,1-3H3,(H2,14,18)(H,15,16). The second-order valence-electron chi connectivity index (χ2n) is 4.97. The summed E-state index contributed by atoms with van der Waals surface area (Å²) in [5.41, 5.74) is 6.58. The molecule has 0 aliphatic carbocycles. The van der Waals surface area contributed by atoms with Gasteiger partial charge >= 0.3 is 6.09 Å². The lowest BCUT2D eigenvalue weighted by Crippen LogP contribution is -2.27. The molecule has 0 unspecified atom stereocenters. The lowest BCUT2D eigenvalue weighted by molar-refractivity contribution is 0.0636. The minimum atomic E-state index is -0.513. The molecule has 1 aromatic carbocycles. The van der Waals surface area contributed by atoms with Crippen LogP contribution in [0.25, 0.3) is 0 Å². The van der Waals surface area contributed by atoms with E-state index in [9.17, 15) is 4.79 Å². The highest BCUT2D eigenvalue weighted by Crippen LogP contribution is 2.14. The number of benzene rings is 1. The summed E-state index contributed by atoms with van der Waals surface area (Å²) in [5, 5.41) is 2.67. The van der Waals surface area contributed by atoms with Crippen molar-refractivity contribution in [3.8, 4) is 0 Å². The molecule has 0 atom stereocenters. The van der Waals surface area contributed by atoms with Crippen molar-refractivity contribution in [3.63, 3.8) is 0 Å². The molecule has 0 fully saturated rings. The molecule has 18 heavy (non-hydrogen) atoms. The predicted octanol–water partition coefficient (Wildman–Crippen LogP) is 2.86. The first-order valence-electron chi connectivity index (χ1n) is 5.63. The van der Waals surface area contributed by atoms with E-state index in [1.807, 2.05) is 39.0 Å². The molecule has 5 heteroatoms. The summed E-state index contributed by atoms with van der Waals surface area (Å²) in [5.74, 6) is 0. The smallest absolute Gasteiger partial charge is 0.412 e. The minimum Gasteiger partial charge on any atom is -0.444 e. The van der Waals surface area contributed by atoms with Crippen LogP contribution in [-0.2, 0) is 11.2 Å². The molecule has 0 saturated carbocycles. The first-order chi connectivity index (χ1) is 8.26. The Morgan fingerprint density at radius 3 is 2.67 bits per heavy atom. The zero-order valence-corrected chi connectivity index (χ0v) is 11.6. The number of hydrogen-bond acceptors (Lipinski definition) is 3. The van der Waals surface area contributed by atoms with Crippen LogP contribution >= 0.6 is 12.2 Å². The van der Waals surface area contributed by atoms with Crippen LogP contribution in [0.15, 0.2) is 24.3 Å². The average molecular weight is 266 g/mol. The zero-order chi connectivity index (χ0) is 13.8. The van der Waals surface area contributed by atoms with Crippen molar-refractivity contribution in [2.24, 2.45) is 5.73 Å². The topological polar surface area (TPSA) is 64.3 Å². The first-order valence-corrected chi connectivity index (χ1v) is 6.04. The number of amides is 1. The van der Waals surface area contributed by atoms with E-state index in [-0.39, 0.29) is 0 Å². The van der Waals surface area contributed by atoms with Crippen LogP contribution < -0.4 is 11.1 Å². The van der Waals surface area contributed by atoms with Gasteiger partial charge in [0.15, 0.2) is 0 Å². The van der Waals surface area contributed by atoms with E-state index < -0.39 is 11.7 Å². The highest BCUT2D eigenvalue weighted by Gasteiger charge is 2.16. The highest BCUT2D eigenvalue weighted by atomic mass is 32.1. The van der Waals surface area contributed by atoms with Crippen LogP contribution in [-0.4, -0.2) is 16.7 Å². The van der Waals surface area contributed by atoms with Crippen molar-refractivity contribution in [2.75, 3.05) is 5.32 Å². The van der Waals surface area contributed by atoms with Crippen molar-refractivity contribution >= 4 is 29.0 Å². The molecule has 1 rings (SSSR count). The van der Waals surface area contributed by atoms with Crippen LogP contribution in [0.3, 0.4) is 0 Å². The van der Waals surface area contributed by atoms with Crippen molar-refractivity contribution in [1.82, 2.24) is 0 Å². The molecule has 3 N–H and O–H groups in total. The molecule has 0 aliphatic rings. The molecule has 98 valence electrons. The zero-order valence-electron chi connectivity index (χ0n) is 10.8. The summed E-state index contributed by atoms with van der Waals surface area (Å²) in [7, 11) is 0. The van der Waals surface area contributed by atoms with Gasteiger partial charge in [-0.3, -0.25) is 5.32 Å². The molecule has 0 radical (unpaired) electrons. The van der Waals surface area contributed by atoms with E-state index in [0.717, 1.165) is 5.56 Å². The predicted molar refractivity (Wildman–Crippen MR) is 76.8 cm³/mol. The molecule has 0 saturated heterocycles. The fourth-order valence-corrected chi connectivity index (χ4v) is 1.55. The maximum Gasteiger partial charge on any atom is 0.412 e. The van der Waals surface area contributed by atoms with Crippen LogP contribution in [0.4, 0.5) is 10.5 Å². The summed E-state index contributed by atoms with van der Waals surface area (Å²) in [6, 6.07) is 7.34. The summed E-state index contributed by atoms with van der Waals surface area (Å²) < 4.78 is 5.16. The number of nitrogens with one attached hydrogen (secondary N) is 1. The van der Waals surface area contributed by atoms with Crippen LogP contribution in [0.1, 0.15) is 26.3 Å². The lowest BCUT2D eigenvalue weighted by atomic mass is 10.1. The van der Waals surface area contributed by atoms with Gasteiger partial charge in [0.2, 0.25) is 0 Å². The summed E-state index contributed by atoms with van der Waals surface area (Å²) >= 11 is 4.85. The number of rotatable bonds is 3. The van der Waals surface area contributed by atoms with Gasteiger partial charge in [0, 0.05) is 12.1 Å². The van der Waals surface area contributed by atoms with E-state index in [4.69, 9.17) is 22.7 Å². The van der Waals surface area contributed by atoms with Crippen molar-refractivity contribution in [3.05, 3.63) is 29.8 Å². The maximum atomic E-state index is 11.6. The summed E-state index contributed by atoms with van der Waals surface area (Å²) in [6.45, 7) is 5.45. The number of ether oxygens (including phenoxy) is 1. The third kappa shape index (κ3) is 5.63. The van der Waals surface area contributed by atoms with Crippen LogP contribution in [0, 0.1) is 0 Å². The second kappa shape index (κ2) is 5.82. The van der Waals surface area contributed by atoms with E-state index in [1.165, 1.54) is 0 Å². The quantitative estimate of drug-likeness (QED) is 0.826. The Labute approximate surface area is 113 Å². The van der Waals surface area contributed by atoms with Gasteiger partial charge in [0.25, 0.3) is 0 Å². The molecular weight excluding hydrogens is 248 g/mol. The largest absolute Gasteiger partial charge is 0.444 e. The molecule has 0 aliphatic heterocycles. The minimum absolute atomic E-state index is 0.421. The van der Waals surface area contributed by atoms with Gasteiger partial charge in [-0.05, 0) is 38.5 Å². The Kier molecular flexibility index (Phi) is 4.67. The van der Waals surface area contributed by atoms with Gasteiger partial charge in [0.1, 0.15) is 5.60 Å². The maximum absolute atomic E-state index is 11.6. The number of anilines is 1. The second-order valence-corrected chi connectivity index (χ2v) is 5.49. The third-order valence-electron chi connectivity index (χ3n) is 1.95. The van der Waals surface area contributed by atoms with Crippen molar-refractivity contribution in [1.29, 1.82) is 0 Å². The number of nitrogens with two attached hydrogens (primary N) is 1. The van der Waals surface area contributed by atoms with E-state index in [2.05, 4.69) is 5.32 Å². The lowest BCUT2D eigenvalue weighted by Gasteiger charge is -2.19. The number of carbonyl (C=O) groups is 1. The van der Waals surface area contributed by atoms with E-state index in [1.54, 1.807) is 6.07 Å². The van der Waals surface area contributed by atoms with Gasteiger partial charge in [-0.25, -0.2) is 4.79 Å². The summed E-state index contributed by atoms with van der Waals surface area (Å²) in [4.78, 5) is 12.0. The van der Waals surface area contributed by atoms with Crippen molar-refractivity contribution < 1.29 is 9.53 Å². The molecule has 0 aromatic heterocycles. The number of carbonyl (C=O) groups excluding carboxylic acids is 1. The van der Waals surface area contributed by atoms with Crippen LogP contribution in [0.2, 0.25) is 0 Å². The Bertz CT molecular complexity index is 453. The van der Waals surface area contributed by atoms with Gasteiger partial charge in [-0.2, -0.15) is 0 Å². The Balaban J connectivity index is 2.67. The molecule has 0 spiro atoms. The molecule has 1 amide bonds. The molecular formula is C13H18N2O2S. The molecule has 1 aromatic rings. The van der Waals surface area contributed by atoms with Gasteiger partial charge in [-0.15, -0.1) is 0 Å². The highest BCUT2D eigenvalue weighted by molar-refractivity contribution is 7.80. The monoisotopic (exact) mass is 266 g/mol. The van der Waals surface area contributed by atoms with Gasteiger partial charge in [-0.1, -0.05) is 24.4 Å². The average Bonchev–Trinajstić information content (AvgIpc) is 2.13. The summed E-state index contributed by atoms with van der Waals surface area (Å²) in [6.07, 6.45) is 0.0362. The fraction of sp³-hybridized carbons (Fsp3) is 0.385. The molecule has 0 bridgehead atoms. The Hall–Kier alpha value is -1.62. The van der Waals surface area contributed by atoms with Gasteiger partial charge < -0.3 is 10.5 Å². The fourth-order valence-electron chi connectivity index (χ4n) is 1.38.